The maximum atomic E-state index is 14.2. The molecule has 0 N–H and O–H groups in total. The first-order valence-electron chi connectivity index (χ1n) is 8.74. The van der Waals surface area contributed by atoms with Crippen molar-refractivity contribution >= 4 is 5.91 Å². The van der Waals surface area contributed by atoms with E-state index in [1.807, 2.05) is 19.1 Å². The zero-order valence-electron chi connectivity index (χ0n) is 15.2. The van der Waals surface area contributed by atoms with Crippen LogP contribution in [0.5, 0.6) is 5.75 Å². The maximum absolute atomic E-state index is 14.2. The molecular formula is C21H19FN2O3. The van der Waals surface area contributed by atoms with Gasteiger partial charge in [0.2, 0.25) is 0 Å². The summed E-state index contributed by atoms with van der Waals surface area (Å²) in [5.41, 5.74) is 3.09. The van der Waals surface area contributed by atoms with Crippen molar-refractivity contribution in [1.82, 2.24) is 10.1 Å². The lowest BCUT2D eigenvalue weighted by atomic mass is 10.00. The third-order valence-electron chi connectivity index (χ3n) is 4.83. The zero-order valence-corrected chi connectivity index (χ0v) is 15.2. The molecule has 1 aliphatic heterocycles. The van der Waals surface area contributed by atoms with Crippen LogP contribution in [0.25, 0.3) is 11.3 Å². The summed E-state index contributed by atoms with van der Waals surface area (Å²) < 4.78 is 25.0. The van der Waals surface area contributed by atoms with Crippen molar-refractivity contribution in [2.45, 2.75) is 19.9 Å². The van der Waals surface area contributed by atoms with Crippen LogP contribution in [0.4, 0.5) is 4.39 Å². The van der Waals surface area contributed by atoms with Gasteiger partial charge in [0, 0.05) is 24.1 Å². The molecule has 0 saturated carbocycles. The Bertz CT molecular complexity index is 1010. The SMILES string of the molecule is COc1ccc(C)cc1C(=O)N1CCc2onc(-c3ccccc3F)c2C1. The Morgan fingerprint density at radius 2 is 2.07 bits per heavy atom. The van der Waals surface area contributed by atoms with E-state index in [2.05, 4.69) is 5.16 Å². The van der Waals surface area contributed by atoms with Gasteiger partial charge < -0.3 is 14.2 Å². The van der Waals surface area contributed by atoms with Crippen molar-refractivity contribution < 1.29 is 18.4 Å². The van der Waals surface area contributed by atoms with Gasteiger partial charge in [0.05, 0.1) is 19.2 Å². The Kier molecular flexibility index (Phi) is 4.39. The quantitative estimate of drug-likeness (QED) is 0.703. The molecule has 0 atom stereocenters. The molecule has 138 valence electrons. The molecular weight excluding hydrogens is 347 g/mol. The number of rotatable bonds is 3. The molecule has 4 rings (SSSR count). The normalized spacial score (nSPS) is 13.4. The predicted molar refractivity (Wildman–Crippen MR) is 98.1 cm³/mol. The summed E-state index contributed by atoms with van der Waals surface area (Å²) in [7, 11) is 1.55. The minimum absolute atomic E-state index is 0.123. The summed E-state index contributed by atoms with van der Waals surface area (Å²) in [6.45, 7) is 2.76. The van der Waals surface area contributed by atoms with Crippen LogP contribution < -0.4 is 4.74 Å². The molecule has 3 aromatic rings. The van der Waals surface area contributed by atoms with E-state index in [0.29, 0.717) is 47.8 Å². The number of carbonyl (C=O) groups is 1. The predicted octanol–water partition coefficient (Wildman–Crippen LogP) is 4.00. The molecule has 6 heteroatoms. The first-order valence-corrected chi connectivity index (χ1v) is 8.74. The van der Waals surface area contributed by atoms with E-state index in [1.165, 1.54) is 6.07 Å². The largest absolute Gasteiger partial charge is 0.496 e. The van der Waals surface area contributed by atoms with Crippen LogP contribution in [0.15, 0.2) is 47.0 Å². The van der Waals surface area contributed by atoms with E-state index in [1.54, 1.807) is 36.3 Å². The Labute approximate surface area is 156 Å². The first kappa shape index (κ1) is 17.3. The smallest absolute Gasteiger partial charge is 0.257 e. The molecule has 0 radical (unpaired) electrons. The number of ether oxygens (including phenoxy) is 1. The Morgan fingerprint density at radius 3 is 2.85 bits per heavy atom. The van der Waals surface area contributed by atoms with Crippen molar-refractivity contribution in [3.8, 4) is 17.0 Å². The van der Waals surface area contributed by atoms with Crippen LogP contribution in [0.1, 0.15) is 27.2 Å². The highest BCUT2D eigenvalue weighted by molar-refractivity contribution is 5.97. The van der Waals surface area contributed by atoms with E-state index >= 15 is 0 Å². The molecule has 2 aromatic carbocycles. The number of nitrogens with zero attached hydrogens (tertiary/aromatic N) is 2. The van der Waals surface area contributed by atoms with Gasteiger partial charge >= 0.3 is 0 Å². The zero-order chi connectivity index (χ0) is 19.0. The number of amides is 1. The number of carbonyl (C=O) groups excluding carboxylic acids is 1. The molecule has 0 bridgehead atoms. The van der Waals surface area contributed by atoms with Gasteiger partial charge in [0.25, 0.3) is 5.91 Å². The number of aryl methyl sites for hydroxylation is 1. The Morgan fingerprint density at radius 1 is 1.26 bits per heavy atom. The number of benzene rings is 2. The average Bonchev–Trinajstić information content (AvgIpc) is 3.10. The van der Waals surface area contributed by atoms with Gasteiger partial charge in [-0.05, 0) is 31.2 Å². The van der Waals surface area contributed by atoms with Crippen molar-refractivity contribution in [3.63, 3.8) is 0 Å². The van der Waals surface area contributed by atoms with E-state index in [-0.39, 0.29) is 11.7 Å². The molecule has 1 amide bonds. The fraction of sp³-hybridized carbons (Fsp3) is 0.238. The molecule has 2 heterocycles. The first-order chi connectivity index (χ1) is 13.1. The average molecular weight is 366 g/mol. The Balaban J connectivity index is 1.68. The highest BCUT2D eigenvalue weighted by Crippen LogP contribution is 2.32. The molecule has 5 nitrogen and oxygen atoms in total. The van der Waals surface area contributed by atoms with Gasteiger partial charge in [-0.2, -0.15) is 0 Å². The van der Waals surface area contributed by atoms with E-state index in [4.69, 9.17) is 9.26 Å². The molecule has 0 spiro atoms. The van der Waals surface area contributed by atoms with Gasteiger partial charge in [-0.3, -0.25) is 4.79 Å². The number of fused-ring (bicyclic) bond motifs is 1. The molecule has 27 heavy (non-hydrogen) atoms. The Hall–Kier alpha value is -3.15. The fourth-order valence-electron chi connectivity index (χ4n) is 3.41. The maximum Gasteiger partial charge on any atom is 0.257 e. The van der Waals surface area contributed by atoms with Crippen molar-refractivity contribution in [2.75, 3.05) is 13.7 Å². The molecule has 0 fully saturated rings. The van der Waals surface area contributed by atoms with Crippen LogP contribution in [-0.4, -0.2) is 29.6 Å². The molecule has 1 aromatic heterocycles. The van der Waals surface area contributed by atoms with Gasteiger partial charge in [0.1, 0.15) is 23.0 Å². The lowest BCUT2D eigenvalue weighted by Gasteiger charge is -2.27. The van der Waals surface area contributed by atoms with E-state index in [9.17, 15) is 9.18 Å². The standard InChI is InChI=1S/C21H19FN2O3/c1-13-7-8-18(26-2)15(11-13)21(25)24-10-9-19-16(12-24)20(23-27-19)14-5-3-4-6-17(14)22/h3-8,11H,9-10,12H2,1-2H3. The second kappa shape index (κ2) is 6.87. The highest BCUT2D eigenvalue weighted by Gasteiger charge is 2.30. The van der Waals surface area contributed by atoms with Crippen LogP contribution in [-0.2, 0) is 13.0 Å². The molecule has 0 aliphatic carbocycles. The summed E-state index contributed by atoms with van der Waals surface area (Å²) in [6, 6.07) is 12.0. The van der Waals surface area contributed by atoms with E-state index in [0.717, 1.165) is 11.1 Å². The monoisotopic (exact) mass is 366 g/mol. The second-order valence-electron chi connectivity index (χ2n) is 6.59. The number of hydrogen-bond donors (Lipinski definition) is 0. The van der Waals surface area contributed by atoms with Gasteiger partial charge in [-0.15, -0.1) is 0 Å². The van der Waals surface area contributed by atoms with Crippen LogP contribution in [0.3, 0.4) is 0 Å². The van der Waals surface area contributed by atoms with Crippen molar-refractivity contribution in [3.05, 3.63) is 70.7 Å². The third kappa shape index (κ3) is 3.07. The second-order valence-corrected chi connectivity index (χ2v) is 6.59. The lowest BCUT2D eigenvalue weighted by Crippen LogP contribution is -2.36. The van der Waals surface area contributed by atoms with Crippen LogP contribution in [0, 0.1) is 12.7 Å². The lowest BCUT2D eigenvalue weighted by molar-refractivity contribution is 0.0725. The summed E-state index contributed by atoms with van der Waals surface area (Å²) in [5.74, 6) is 0.754. The highest BCUT2D eigenvalue weighted by atomic mass is 19.1. The number of aromatic nitrogens is 1. The van der Waals surface area contributed by atoms with Gasteiger partial charge in [0.15, 0.2) is 0 Å². The number of methoxy groups -OCH3 is 1. The fourth-order valence-corrected chi connectivity index (χ4v) is 3.41. The summed E-state index contributed by atoms with van der Waals surface area (Å²) >= 11 is 0. The van der Waals surface area contributed by atoms with E-state index < -0.39 is 0 Å². The molecule has 0 unspecified atom stereocenters. The topological polar surface area (TPSA) is 55.6 Å². The van der Waals surface area contributed by atoms with Crippen LogP contribution in [0.2, 0.25) is 0 Å². The number of halogens is 1. The number of hydrogen-bond acceptors (Lipinski definition) is 4. The third-order valence-corrected chi connectivity index (χ3v) is 4.83. The van der Waals surface area contributed by atoms with Gasteiger partial charge in [-0.25, -0.2) is 4.39 Å². The van der Waals surface area contributed by atoms with Crippen LogP contribution >= 0.6 is 0 Å². The molecule has 1 aliphatic rings. The summed E-state index contributed by atoms with van der Waals surface area (Å²) in [6.07, 6.45) is 0.538. The van der Waals surface area contributed by atoms with Gasteiger partial charge in [-0.1, -0.05) is 28.9 Å². The minimum Gasteiger partial charge on any atom is -0.496 e. The van der Waals surface area contributed by atoms with Crippen molar-refractivity contribution in [1.29, 1.82) is 0 Å². The molecule has 0 saturated heterocycles. The summed E-state index contributed by atoms with van der Waals surface area (Å²) in [5, 5.41) is 4.07. The summed E-state index contributed by atoms with van der Waals surface area (Å²) in [4.78, 5) is 14.8. The minimum atomic E-state index is -0.364. The van der Waals surface area contributed by atoms with Crippen molar-refractivity contribution in [2.24, 2.45) is 0 Å².